The first kappa shape index (κ1) is 23.0. The molecule has 0 aliphatic rings. The second-order valence-corrected chi connectivity index (χ2v) is 7.60. The number of benzene rings is 1. The number of hydrogen-bond acceptors (Lipinski definition) is 1. The molecule has 0 fully saturated rings. The van der Waals surface area contributed by atoms with Crippen molar-refractivity contribution < 1.29 is 0 Å². The highest BCUT2D eigenvalue weighted by Gasteiger charge is 1.93. The van der Waals surface area contributed by atoms with Gasteiger partial charge >= 0.3 is 0 Å². The van der Waals surface area contributed by atoms with E-state index in [2.05, 4.69) is 54.7 Å². The number of unbranched alkanes of at least 4 members (excludes halogenated alkanes) is 12. The van der Waals surface area contributed by atoms with Gasteiger partial charge in [-0.25, -0.2) is 0 Å². The van der Waals surface area contributed by atoms with E-state index in [0.717, 1.165) is 13.1 Å². The lowest BCUT2D eigenvalue weighted by molar-refractivity contribution is 0.566. The lowest BCUT2D eigenvalue weighted by Gasteiger charge is -2.05. The van der Waals surface area contributed by atoms with Crippen LogP contribution in [0, 0.1) is 0 Å². The monoisotopic (exact) mass is 357 g/mol. The summed E-state index contributed by atoms with van der Waals surface area (Å²) in [4.78, 5) is 0. The fourth-order valence-corrected chi connectivity index (χ4v) is 3.33. The van der Waals surface area contributed by atoms with Gasteiger partial charge in [-0.3, -0.25) is 0 Å². The van der Waals surface area contributed by atoms with Gasteiger partial charge in [-0.2, -0.15) is 0 Å². The van der Waals surface area contributed by atoms with Crippen molar-refractivity contribution in [3.63, 3.8) is 0 Å². The standard InChI is InChI=1S/C25H43N/c1-2-3-4-5-6-7-8-9-10-11-12-13-14-15-16-20-23-26-24-25-21-18-17-19-22-25/h9-10,17-19,21-22,26H,2-8,11-16,20,23-24H2,1H3. The number of nitrogens with one attached hydrogen (secondary N) is 1. The molecule has 0 radical (unpaired) electrons. The van der Waals surface area contributed by atoms with Crippen LogP contribution >= 0.6 is 0 Å². The molecule has 0 amide bonds. The minimum Gasteiger partial charge on any atom is -0.313 e. The van der Waals surface area contributed by atoms with Gasteiger partial charge in [0, 0.05) is 6.54 Å². The molecule has 0 atom stereocenters. The van der Waals surface area contributed by atoms with Crippen LogP contribution in [0.5, 0.6) is 0 Å². The van der Waals surface area contributed by atoms with E-state index in [1.807, 2.05) is 0 Å². The Kier molecular flexibility index (Phi) is 16.5. The van der Waals surface area contributed by atoms with E-state index in [9.17, 15) is 0 Å². The molecular weight excluding hydrogens is 314 g/mol. The second kappa shape index (κ2) is 18.7. The van der Waals surface area contributed by atoms with Crippen LogP contribution in [0.25, 0.3) is 0 Å². The number of rotatable bonds is 18. The van der Waals surface area contributed by atoms with Crippen molar-refractivity contribution in [3.8, 4) is 0 Å². The van der Waals surface area contributed by atoms with Crippen molar-refractivity contribution in [2.45, 2.75) is 103 Å². The molecule has 0 bridgehead atoms. The molecule has 0 heterocycles. The minimum atomic E-state index is 1.01. The van der Waals surface area contributed by atoms with Crippen molar-refractivity contribution in [2.75, 3.05) is 6.54 Å². The van der Waals surface area contributed by atoms with Crippen molar-refractivity contribution in [2.24, 2.45) is 0 Å². The second-order valence-electron chi connectivity index (χ2n) is 7.60. The van der Waals surface area contributed by atoms with Gasteiger partial charge in [-0.05, 0) is 44.2 Å². The summed E-state index contributed by atoms with van der Waals surface area (Å²) in [7, 11) is 0. The summed E-state index contributed by atoms with van der Waals surface area (Å²) in [5.74, 6) is 0. The third kappa shape index (κ3) is 15.2. The summed E-state index contributed by atoms with van der Waals surface area (Å²) in [6.45, 7) is 4.44. The lowest BCUT2D eigenvalue weighted by Crippen LogP contribution is -2.14. The molecule has 26 heavy (non-hydrogen) atoms. The van der Waals surface area contributed by atoms with E-state index in [1.165, 1.54) is 95.5 Å². The van der Waals surface area contributed by atoms with Crippen molar-refractivity contribution in [3.05, 3.63) is 48.0 Å². The van der Waals surface area contributed by atoms with Crippen LogP contribution in [0.15, 0.2) is 42.5 Å². The van der Waals surface area contributed by atoms with E-state index >= 15 is 0 Å². The molecule has 0 spiro atoms. The SMILES string of the molecule is CCCCCCCCC=CCCCCCCCCNCc1ccccc1. The Bertz CT molecular complexity index is 409. The van der Waals surface area contributed by atoms with Crippen LogP contribution in [0.3, 0.4) is 0 Å². The van der Waals surface area contributed by atoms with Crippen LogP contribution in [0.4, 0.5) is 0 Å². The Morgan fingerprint density at radius 1 is 0.654 bits per heavy atom. The molecular formula is C25H43N. The maximum atomic E-state index is 3.54. The molecule has 148 valence electrons. The molecule has 0 aromatic heterocycles. The van der Waals surface area contributed by atoms with E-state index in [-0.39, 0.29) is 0 Å². The molecule has 1 nitrogen and oxygen atoms in total. The highest BCUT2D eigenvalue weighted by atomic mass is 14.8. The predicted octanol–water partition coefficient (Wildman–Crippen LogP) is 7.81. The van der Waals surface area contributed by atoms with E-state index < -0.39 is 0 Å². The fourth-order valence-electron chi connectivity index (χ4n) is 3.33. The van der Waals surface area contributed by atoms with Gasteiger partial charge in [0.25, 0.3) is 0 Å². The summed E-state index contributed by atoms with van der Waals surface area (Å²) in [6.07, 6.45) is 24.1. The van der Waals surface area contributed by atoms with E-state index in [1.54, 1.807) is 0 Å². The van der Waals surface area contributed by atoms with Gasteiger partial charge in [-0.15, -0.1) is 0 Å². The fraction of sp³-hybridized carbons (Fsp3) is 0.680. The Morgan fingerprint density at radius 3 is 1.81 bits per heavy atom. The maximum absolute atomic E-state index is 3.54. The molecule has 1 aromatic carbocycles. The van der Waals surface area contributed by atoms with Crippen LogP contribution < -0.4 is 5.32 Å². The Labute approximate surface area is 163 Å². The molecule has 0 saturated heterocycles. The third-order valence-corrected chi connectivity index (χ3v) is 5.04. The van der Waals surface area contributed by atoms with Gasteiger partial charge in [-0.1, -0.05) is 107 Å². The lowest BCUT2D eigenvalue weighted by atomic mass is 10.1. The van der Waals surface area contributed by atoms with Gasteiger partial charge in [0.15, 0.2) is 0 Å². The van der Waals surface area contributed by atoms with Crippen LogP contribution in [-0.2, 0) is 6.54 Å². The number of allylic oxidation sites excluding steroid dienone is 2. The summed E-state index contributed by atoms with van der Waals surface area (Å²) >= 11 is 0. The highest BCUT2D eigenvalue weighted by molar-refractivity contribution is 5.14. The van der Waals surface area contributed by atoms with E-state index in [0.29, 0.717) is 0 Å². The smallest absolute Gasteiger partial charge is 0.0205 e. The summed E-state index contributed by atoms with van der Waals surface area (Å²) in [5.41, 5.74) is 1.39. The molecule has 0 saturated carbocycles. The predicted molar refractivity (Wildman–Crippen MR) is 118 cm³/mol. The molecule has 0 unspecified atom stereocenters. The largest absolute Gasteiger partial charge is 0.313 e. The van der Waals surface area contributed by atoms with Crippen molar-refractivity contribution in [1.29, 1.82) is 0 Å². The van der Waals surface area contributed by atoms with Gasteiger partial charge in [0.1, 0.15) is 0 Å². The average Bonchev–Trinajstić information content (AvgIpc) is 2.68. The summed E-state index contributed by atoms with van der Waals surface area (Å²) in [5, 5.41) is 3.54. The van der Waals surface area contributed by atoms with Crippen LogP contribution in [0.1, 0.15) is 102 Å². The molecule has 1 aromatic rings. The third-order valence-electron chi connectivity index (χ3n) is 5.04. The first-order valence-electron chi connectivity index (χ1n) is 11.3. The normalized spacial score (nSPS) is 11.4. The Balaban J connectivity index is 1.73. The molecule has 1 rings (SSSR count). The maximum Gasteiger partial charge on any atom is 0.0205 e. The molecule has 0 aliphatic carbocycles. The van der Waals surface area contributed by atoms with Crippen molar-refractivity contribution >= 4 is 0 Å². The van der Waals surface area contributed by atoms with Crippen molar-refractivity contribution in [1.82, 2.24) is 5.32 Å². The van der Waals surface area contributed by atoms with Crippen LogP contribution in [0.2, 0.25) is 0 Å². The average molecular weight is 358 g/mol. The Hall–Kier alpha value is -1.08. The summed E-state index contributed by atoms with van der Waals surface area (Å²) in [6, 6.07) is 10.7. The first-order valence-corrected chi connectivity index (χ1v) is 11.3. The zero-order valence-electron chi connectivity index (χ0n) is 17.4. The van der Waals surface area contributed by atoms with E-state index in [4.69, 9.17) is 0 Å². The topological polar surface area (TPSA) is 12.0 Å². The molecule has 0 aliphatic heterocycles. The quantitative estimate of drug-likeness (QED) is 0.209. The zero-order valence-corrected chi connectivity index (χ0v) is 17.4. The Morgan fingerprint density at radius 2 is 1.19 bits per heavy atom. The summed E-state index contributed by atoms with van der Waals surface area (Å²) < 4.78 is 0. The highest BCUT2D eigenvalue weighted by Crippen LogP contribution is 2.09. The minimum absolute atomic E-state index is 1.01. The van der Waals surface area contributed by atoms with Crippen LogP contribution in [-0.4, -0.2) is 6.54 Å². The van der Waals surface area contributed by atoms with Gasteiger partial charge in [0.2, 0.25) is 0 Å². The van der Waals surface area contributed by atoms with Gasteiger partial charge in [0.05, 0.1) is 0 Å². The first-order chi connectivity index (χ1) is 12.9. The molecule has 1 N–H and O–H groups in total. The zero-order chi connectivity index (χ0) is 18.5. The van der Waals surface area contributed by atoms with Gasteiger partial charge < -0.3 is 5.32 Å². The molecule has 1 heteroatoms. The number of hydrogen-bond donors (Lipinski definition) is 1.